The Morgan fingerprint density at radius 3 is 2.17 bits per heavy atom. The molecule has 18 heavy (non-hydrogen) atoms. The maximum atomic E-state index is 5.46. The van der Waals surface area contributed by atoms with Crippen LogP contribution in [0.15, 0.2) is 42.5 Å². The van der Waals surface area contributed by atoms with E-state index in [0.29, 0.717) is 5.92 Å². The van der Waals surface area contributed by atoms with Gasteiger partial charge >= 0.3 is 0 Å². The van der Waals surface area contributed by atoms with E-state index in [-0.39, 0.29) is 0 Å². The molecule has 2 rings (SSSR count). The third-order valence-electron chi connectivity index (χ3n) is 3.25. The van der Waals surface area contributed by atoms with Gasteiger partial charge in [0.25, 0.3) is 0 Å². The van der Waals surface area contributed by atoms with Crippen molar-refractivity contribution in [2.24, 2.45) is 0 Å². The zero-order valence-corrected chi connectivity index (χ0v) is 11.5. The van der Waals surface area contributed by atoms with Gasteiger partial charge in [-0.2, -0.15) is 0 Å². The highest BCUT2D eigenvalue weighted by atomic mass is 16.5. The monoisotopic (exact) mass is 240 g/mol. The summed E-state index contributed by atoms with van der Waals surface area (Å²) in [5.41, 5.74) is 4.99. The van der Waals surface area contributed by atoms with Crippen molar-refractivity contribution in [3.63, 3.8) is 0 Å². The normalized spacial score (nSPS) is 10.7. The first-order valence-electron chi connectivity index (χ1n) is 6.37. The lowest BCUT2D eigenvalue weighted by atomic mass is 9.96. The van der Waals surface area contributed by atoms with Crippen LogP contribution in [0, 0.1) is 6.92 Å². The minimum atomic E-state index is 0.528. The summed E-state index contributed by atoms with van der Waals surface area (Å²) in [6, 6.07) is 15.0. The van der Waals surface area contributed by atoms with Gasteiger partial charge in [-0.15, -0.1) is 0 Å². The van der Waals surface area contributed by atoms with Crippen LogP contribution < -0.4 is 4.74 Å². The molecule has 0 unspecified atom stereocenters. The molecule has 0 aliphatic heterocycles. The fourth-order valence-corrected chi connectivity index (χ4v) is 2.04. The smallest absolute Gasteiger partial charge is 0.126 e. The van der Waals surface area contributed by atoms with Crippen LogP contribution in [0.1, 0.15) is 30.9 Å². The van der Waals surface area contributed by atoms with Crippen molar-refractivity contribution in [2.75, 3.05) is 7.11 Å². The fraction of sp³-hybridized carbons (Fsp3) is 0.294. The minimum Gasteiger partial charge on any atom is -0.496 e. The third kappa shape index (κ3) is 2.56. The number of hydrogen-bond donors (Lipinski definition) is 0. The van der Waals surface area contributed by atoms with Crippen LogP contribution in [0.5, 0.6) is 5.75 Å². The number of ether oxygens (including phenoxy) is 1. The molecule has 1 nitrogen and oxygen atoms in total. The van der Waals surface area contributed by atoms with E-state index < -0.39 is 0 Å². The Labute approximate surface area is 109 Å². The molecule has 0 aliphatic rings. The highest BCUT2D eigenvalue weighted by Crippen LogP contribution is 2.32. The standard InChI is InChI=1S/C17H20O/c1-12(2)15-9-10-17(18-4)16(11-15)14-7-5-13(3)6-8-14/h5-12H,1-4H3. The van der Waals surface area contributed by atoms with Gasteiger partial charge in [0.1, 0.15) is 5.75 Å². The van der Waals surface area contributed by atoms with Crippen molar-refractivity contribution < 1.29 is 4.74 Å². The summed E-state index contributed by atoms with van der Waals surface area (Å²) in [6.07, 6.45) is 0. The quantitative estimate of drug-likeness (QED) is 0.749. The molecule has 0 fully saturated rings. The van der Waals surface area contributed by atoms with E-state index >= 15 is 0 Å². The predicted octanol–water partition coefficient (Wildman–Crippen LogP) is 4.79. The van der Waals surface area contributed by atoms with E-state index in [1.807, 2.05) is 0 Å². The molecular weight excluding hydrogens is 220 g/mol. The molecule has 0 saturated carbocycles. The van der Waals surface area contributed by atoms with E-state index in [2.05, 4.69) is 63.2 Å². The Morgan fingerprint density at radius 2 is 1.61 bits per heavy atom. The maximum absolute atomic E-state index is 5.46. The molecule has 0 saturated heterocycles. The Balaban J connectivity index is 2.53. The van der Waals surface area contributed by atoms with Crippen LogP contribution in [-0.4, -0.2) is 7.11 Å². The second-order valence-electron chi connectivity index (χ2n) is 4.98. The first-order valence-corrected chi connectivity index (χ1v) is 6.37. The van der Waals surface area contributed by atoms with Gasteiger partial charge in [-0.25, -0.2) is 0 Å². The summed E-state index contributed by atoms with van der Waals surface area (Å²) >= 11 is 0. The Bertz CT molecular complexity index is 524. The number of methoxy groups -OCH3 is 1. The van der Waals surface area contributed by atoms with Crippen molar-refractivity contribution in [3.05, 3.63) is 53.6 Å². The predicted molar refractivity (Wildman–Crippen MR) is 77.3 cm³/mol. The van der Waals surface area contributed by atoms with Gasteiger partial charge < -0.3 is 4.74 Å². The lowest BCUT2D eigenvalue weighted by molar-refractivity contribution is 0.416. The molecule has 0 N–H and O–H groups in total. The zero-order valence-electron chi connectivity index (χ0n) is 11.5. The average Bonchev–Trinajstić information content (AvgIpc) is 2.39. The van der Waals surface area contributed by atoms with Gasteiger partial charge in [0.15, 0.2) is 0 Å². The zero-order chi connectivity index (χ0) is 13.1. The lowest BCUT2D eigenvalue weighted by Gasteiger charge is -2.13. The van der Waals surface area contributed by atoms with Crippen molar-refractivity contribution in [3.8, 4) is 16.9 Å². The van der Waals surface area contributed by atoms with Crippen molar-refractivity contribution in [1.82, 2.24) is 0 Å². The second-order valence-corrected chi connectivity index (χ2v) is 4.98. The van der Waals surface area contributed by atoms with Gasteiger partial charge in [0.05, 0.1) is 7.11 Å². The van der Waals surface area contributed by atoms with E-state index in [1.165, 1.54) is 22.3 Å². The summed E-state index contributed by atoms with van der Waals surface area (Å²) in [6.45, 7) is 6.52. The van der Waals surface area contributed by atoms with E-state index in [1.54, 1.807) is 7.11 Å². The van der Waals surface area contributed by atoms with Crippen LogP contribution in [0.4, 0.5) is 0 Å². The number of aryl methyl sites for hydroxylation is 1. The summed E-state index contributed by atoms with van der Waals surface area (Å²) in [7, 11) is 1.72. The first-order chi connectivity index (χ1) is 8.61. The first kappa shape index (κ1) is 12.7. The largest absolute Gasteiger partial charge is 0.496 e. The van der Waals surface area contributed by atoms with E-state index in [4.69, 9.17) is 4.74 Å². The third-order valence-corrected chi connectivity index (χ3v) is 3.25. The molecule has 1 heteroatoms. The lowest BCUT2D eigenvalue weighted by Crippen LogP contribution is -1.92. The SMILES string of the molecule is COc1ccc(C(C)C)cc1-c1ccc(C)cc1. The highest BCUT2D eigenvalue weighted by Gasteiger charge is 2.08. The molecule has 0 aliphatic carbocycles. The van der Waals surface area contributed by atoms with Crippen LogP contribution in [0.3, 0.4) is 0 Å². The number of benzene rings is 2. The molecule has 2 aromatic carbocycles. The molecule has 0 amide bonds. The van der Waals surface area contributed by atoms with Gasteiger partial charge in [0, 0.05) is 5.56 Å². The molecule has 2 aromatic rings. The van der Waals surface area contributed by atoms with Crippen molar-refractivity contribution >= 4 is 0 Å². The fourth-order valence-electron chi connectivity index (χ4n) is 2.04. The summed E-state index contributed by atoms with van der Waals surface area (Å²) in [5.74, 6) is 1.46. The van der Waals surface area contributed by atoms with E-state index in [0.717, 1.165) is 5.75 Å². The minimum absolute atomic E-state index is 0.528. The molecule has 0 atom stereocenters. The Morgan fingerprint density at radius 1 is 0.944 bits per heavy atom. The second kappa shape index (κ2) is 5.26. The average molecular weight is 240 g/mol. The maximum Gasteiger partial charge on any atom is 0.126 e. The van der Waals surface area contributed by atoms with Crippen molar-refractivity contribution in [2.45, 2.75) is 26.7 Å². The number of rotatable bonds is 3. The Kier molecular flexibility index (Phi) is 3.71. The van der Waals surface area contributed by atoms with E-state index in [9.17, 15) is 0 Å². The molecule has 0 spiro atoms. The van der Waals surface area contributed by atoms with Crippen molar-refractivity contribution in [1.29, 1.82) is 0 Å². The van der Waals surface area contributed by atoms with Gasteiger partial charge in [-0.1, -0.05) is 49.7 Å². The topological polar surface area (TPSA) is 9.23 Å². The molecular formula is C17H20O. The van der Waals surface area contributed by atoms with Gasteiger partial charge in [-0.05, 0) is 36.1 Å². The molecule has 94 valence electrons. The van der Waals surface area contributed by atoms with Gasteiger partial charge in [-0.3, -0.25) is 0 Å². The van der Waals surface area contributed by atoms with Crippen LogP contribution in [0.25, 0.3) is 11.1 Å². The molecule has 0 heterocycles. The molecule has 0 bridgehead atoms. The van der Waals surface area contributed by atoms with Crippen LogP contribution in [-0.2, 0) is 0 Å². The summed E-state index contributed by atoms with van der Waals surface area (Å²) in [5, 5.41) is 0. The summed E-state index contributed by atoms with van der Waals surface area (Å²) in [4.78, 5) is 0. The highest BCUT2D eigenvalue weighted by molar-refractivity contribution is 5.71. The molecule has 0 radical (unpaired) electrons. The molecule has 0 aromatic heterocycles. The summed E-state index contributed by atoms with van der Waals surface area (Å²) < 4.78 is 5.46. The Hall–Kier alpha value is -1.76. The van der Waals surface area contributed by atoms with Gasteiger partial charge in [0.2, 0.25) is 0 Å². The van der Waals surface area contributed by atoms with Crippen LogP contribution in [0.2, 0.25) is 0 Å². The number of hydrogen-bond acceptors (Lipinski definition) is 1. The van der Waals surface area contributed by atoms with Crippen LogP contribution >= 0.6 is 0 Å².